The molecule has 1 amide bonds. The second-order valence-electron chi connectivity index (χ2n) is 10.5. The van der Waals surface area contributed by atoms with E-state index in [0.717, 1.165) is 11.8 Å². The topological polar surface area (TPSA) is 167 Å². The highest BCUT2D eigenvalue weighted by atomic mass is 17.1. The minimum Gasteiger partial charge on any atom is -0.508 e. The fourth-order valence-corrected chi connectivity index (χ4v) is 4.02. The summed E-state index contributed by atoms with van der Waals surface area (Å²) < 4.78 is 11.9. The number of phenols is 2. The van der Waals surface area contributed by atoms with E-state index in [-0.39, 0.29) is 34.6 Å². The fraction of sp³-hybridized carbons (Fsp3) is 0.188. The Kier molecular flexibility index (Phi) is 9.71. The number of rotatable bonds is 13. The van der Waals surface area contributed by atoms with E-state index in [1.54, 1.807) is 30.3 Å². The van der Waals surface area contributed by atoms with Crippen molar-refractivity contribution in [2.24, 2.45) is 5.41 Å². The molecule has 4 rings (SSSR count). The first kappa shape index (κ1) is 30.7. The van der Waals surface area contributed by atoms with Crippen molar-refractivity contribution in [1.82, 2.24) is 0 Å². The number of hydrogen-bond donors (Lipinski definition) is 6. The number of hydrogen-bond acceptors (Lipinski definition) is 9. The van der Waals surface area contributed by atoms with Crippen LogP contribution in [0.4, 0.5) is 17.1 Å². The maximum atomic E-state index is 12.6. The summed E-state index contributed by atoms with van der Waals surface area (Å²) in [5, 5.41) is 43.2. The average Bonchev–Trinajstić information content (AvgIpc) is 2.98. The molecule has 224 valence electrons. The Balaban J connectivity index is 1.27. The number of aromatic carboxylic acids is 1. The van der Waals surface area contributed by atoms with Crippen molar-refractivity contribution < 1.29 is 44.5 Å². The molecule has 0 aliphatic heterocycles. The number of benzene rings is 4. The van der Waals surface area contributed by atoms with Gasteiger partial charge in [-0.2, -0.15) is 0 Å². The average molecular weight is 589 g/mol. The molecule has 0 aliphatic rings. The lowest BCUT2D eigenvalue weighted by Crippen LogP contribution is -2.28. The molecular formula is C32H32N2O9. The third-order valence-electron chi connectivity index (χ3n) is 6.29. The molecule has 0 radical (unpaired) electrons. The summed E-state index contributed by atoms with van der Waals surface area (Å²) in [7, 11) is 0. The number of carbonyl (C=O) groups excluding carboxylic acids is 1. The lowest BCUT2D eigenvalue weighted by molar-refractivity contribution is -0.252. The van der Waals surface area contributed by atoms with Crippen LogP contribution < -0.4 is 20.1 Å². The van der Waals surface area contributed by atoms with Gasteiger partial charge in [0, 0.05) is 28.0 Å². The van der Waals surface area contributed by atoms with Gasteiger partial charge in [0.15, 0.2) is 0 Å². The van der Waals surface area contributed by atoms with E-state index in [9.17, 15) is 24.9 Å². The number of carboxylic acids is 1. The van der Waals surface area contributed by atoms with Crippen LogP contribution >= 0.6 is 0 Å². The minimum atomic E-state index is -1.32. The second-order valence-corrected chi connectivity index (χ2v) is 10.5. The largest absolute Gasteiger partial charge is 0.508 e. The van der Waals surface area contributed by atoms with Gasteiger partial charge in [-0.3, -0.25) is 10.1 Å². The van der Waals surface area contributed by atoms with E-state index in [4.69, 9.17) is 14.7 Å². The normalized spacial score (nSPS) is 11.0. The Labute approximate surface area is 247 Å². The zero-order valence-electron chi connectivity index (χ0n) is 23.5. The molecule has 0 bridgehead atoms. The number of anilines is 3. The Morgan fingerprint density at radius 2 is 1.30 bits per heavy atom. The summed E-state index contributed by atoms with van der Waals surface area (Å²) in [4.78, 5) is 28.3. The predicted molar refractivity (Wildman–Crippen MR) is 159 cm³/mol. The van der Waals surface area contributed by atoms with Crippen molar-refractivity contribution >= 4 is 28.9 Å². The van der Waals surface area contributed by atoms with E-state index in [1.165, 1.54) is 24.3 Å². The van der Waals surface area contributed by atoms with Crippen molar-refractivity contribution in [3.8, 4) is 23.0 Å². The molecule has 0 saturated heterocycles. The van der Waals surface area contributed by atoms with Crippen molar-refractivity contribution in [2.75, 3.05) is 23.8 Å². The monoisotopic (exact) mass is 588 g/mol. The molecule has 4 aromatic rings. The van der Waals surface area contributed by atoms with Crippen LogP contribution in [0.25, 0.3) is 0 Å². The lowest BCUT2D eigenvalue weighted by atomic mass is 9.96. The van der Waals surface area contributed by atoms with Crippen LogP contribution in [0.3, 0.4) is 0 Å². The molecule has 0 heterocycles. The number of ether oxygens (including phenoxy) is 2. The molecule has 0 saturated carbocycles. The first-order valence-electron chi connectivity index (χ1n) is 13.2. The third-order valence-corrected chi connectivity index (χ3v) is 6.29. The van der Waals surface area contributed by atoms with Gasteiger partial charge in [0.05, 0.1) is 24.3 Å². The van der Waals surface area contributed by atoms with Gasteiger partial charge < -0.3 is 35.4 Å². The zero-order valence-corrected chi connectivity index (χ0v) is 23.5. The van der Waals surface area contributed by atoms with Gasteiger partial charge in [-0.05, 0) is 84.9 Å². The van der Waals surface area contributed by atoms with Crippen LogP contribution in [0.1, 0.15) is 40.1 Å². The standard InChI is InChI=1S/C32H32N2O9/c1-32(2,18-41-25-9-3-21(4-10-25)33-29-14-8-23(35)15-20(29)17-43-40)19-42-26-11-5-22(6-12-26)34-30(37)27-13-7-24(36)16-28(27)31(38)39/h3-16,33,35-36,40H,17-19H2,1-2H3,(H,34,37)(H,38,39). The minimum absolute atomic E-state index is 0.0676. The Hall–Kier alpha value is -5.26. The third kappa shape index (κ3) is 8.62. The smallest absolute Gasteiger partial charge is 0.336 e. The van der Waals surface area contributed by atoms with E-state index in [1.807, 2.05) is 38.1 Å². The van der Waals surface area contributed by atoms with E-state index >= 15 is 0 Å². The Morgan fingerprint density at radius 3 is 1.88 bits per heavy atom. The van der Waals surface area contributed by atoms with Gasteiger partial charge >= 0.3 is 5.97 Å². The van der Waals surface area contributed by atoms with E-state index in [2.05, 4.69) is 15.5 Å². The van der Waals surface area contributed by atoms with Crippen molar-refractivity contribution in [2.45, 2.75) is 20.5 Å². The summed E-state index contributed by atoms with van der Waals surface area (Å²) in [6.07, 6.45) is 0. The number of nitrogens with one attached hydrogen (secondary N) is 2. The first-order valence-corrected chi connectivity index (χ1v) is 13.2. The van der Waals surface area contributed by atoms with Crippen LogP contribution in [-0.2, 0) is 11.5 Å². The molecule has 0 aliphatic carbocycles. The molecule has 43 heavy (non-hydrogen) atoms. The maximum Gasteiger partial charge on any atom is 0.336 e. The highest BCUT2D eigenvalue weighted by Crippen LogP contribution is 2.28. The van der Waals surface area contributed by atoms with Gasteiger partial charge in [0.25, 0.3) is 5.91 Å². The fourth-order valence-electron chi connectivity index (χ4n) is 4.02. The zero-order chi connectivity index (χ0) is 31.0. The molecule has 11 nitrogen and oxygen atoms in total. The molecule has 0 spiro atoms. The molecule has 6 N–H and O–H groups in total. The summed E-state index contributed by atoms with van der Waals surface area (Å²) in [5.74, 6) is -0.861. The summed E-state index contributed by atoms with van der Waals surface area (Å²) in [6, 6.07) is 22.3. The number of amides is 1. The second kappa shape index (κ2) is 13.6. The number of aromatic hydroxyl groups is 2. The van der Waals surface area contributed by atoms with Crippen molar-refractivity contribution in [3.63, 3.8) is 0 Å². The molecule has 0 aromatic heterocycles. The molecule has 0 fully saturated rings. The number of phenolic OH excluding ortho intramolecular Hbond substituents is 2. The van der Waals surface area contributed by atoms with Gasteiger partial charge in [0.1, 0.15) is 29.6 Å². The van der Waals surface area contributed by atoms with Gasteiger partial charge in [-0.25, -0.2) is 9.68 Å². The highest BCUT2D eigenvalue weighted by molar-refractivity contribution is 6.10. The first-order chi connectivity index (χ1) is 20.5. The van der Waals surface area contributed by atoms with Gasteiger partial charge in [-0.15, -0.1) is 0 Å². The summed E-state index contributed by atoms with van der Waals surface area (Å²) >= 11 is 0. The van der Waals surface area contributed by atoms with Crippen LogP contribution in [0.2, 0.25) is 0 Å². The van der Waals surface area contributed by atoms with Gasteiger partial charge in [0.2, 0.25) is 0 Å². The van der Waals surface area contributed by atoms with Crippen LogP contribution in [0, 0.1) is 5.41 Å². The Bertz CT molecular complexity index is 1570. The Morgan fingerprint density at radius 1 is 0.744 bits per heavy atom. The number of carboxylic acid groups (broad SMARTS) is 1. The highest BCUT2D eigenvalue weighted by Gasteiger charge is 2.21. The molecular weight excluding hydrogens is 556 g/mol. The predicted octanol–water partition coefficient (Wildman–Crippen LogP) is 6.27. The van der Waals surface area contributed by atoms with Crippen molar-refractivity contribution in [1.29, 1.82) is 0 Å². The molecule has 0 unspecified atom stereocenters. The molecule has 4 aromatic carbocycles. The lowest BCUT2D eigenvalue weighted by Gasteiger charge is -2.25. The van der Waals surface area contributed by atoms with Gasteiger partial charge in [-0.1, -0.05) is 13.8 Å². The summed E-state index contributed by atoms with van der Waals surface area (Å²) in [6.45, 7) is 4.66. The van der Waals surface area contributed by atoms with E-state index < -0.39 is 11.9 Å². The number of carbonyl (C=O) groups is 2. The SMILES string of the molecule is CC(C)(COc1ccc(NC(=O)c2ccc(O)cc2C(=O)O)cc1)COc1ccc(Nc2ccc(O)cc2COO)cc1. The van der Waals surface area contributed by atoms with E-state index in [0.29, 0.717) is 41.7 Å². The summed E-state index contributed by atoms with van der Waals surface area (Å²) in [5.41, 5.74) is 1.79. The van der Waals surface area contributed by atoms with Crippen molar-refractivity contribution in [3.05, 3.63) is 102 Å². The maximum absolute atomic E-state index is 12.6. The van der Waals surface area contributed by atoms with Crippen LogP contribution in [0.5, 0.6) is 23.0 Å². The quantitative estimate of drug-likeness (QED) is 0.0595. The van der Waals surface area contributed by atoms with Crippen LogP contribution in [-0.4, -0.2) is 45.7 Å². The van der Waals surface area contributed by atoms with Crippen LogP contribution in [0.15, 0.2) is 84.9 Å². The molecule has 11 heteroatoms. The molecule has 0 atom stereocenters.